The van der Waals surface area contributed by atoms with Gasteiger partial charge in [0.25, 0.3) is 0 Å². The van der Waals surface area contributed by atoms with E-state index in [2.05, 4.69) is 51.8 Å². The van der Waals surface area contributed by atoms with Gasteiger partial charge in [0, 0.05) is 22.0 Å². The molecule has 2 N–H and O–H groups in total. The number of aliphatic imine (C=N–C) groups is 1. The molecule has 0 aliphatic heterocycles. The van der Waals surface area contributed by atoms with Gasteiger partial charge in [0.1, 0.15) is 12.9 Å². The van der Waals surface area contributed by atoms with E-state index in [1.807, 2.05) is 34.9 Å². The van der Waals surface area contributed by atoms with Crippen LogP contribution in [0.2, 0.25) is 0 Å². The molecule has 3 aromatic rings. The standard InChI is InChI=1S/C18H22N6S/c1-3-19-18(20-11-16-10-9-14(2)25-16)21-12-17-23-22-13-24(17)15-7-5-4-6-8-15/h4-10,13H,3,11-12H2,1-2H3,(H2,19,20,21). The first kappa shape index (κ1) is 17.2. The number of hydrogen-bond donors (Lipinski definition) is 2. The Bertz CT molecular complexity index is 821. The number of aryl methyl sites for hydroxylation is 1. The van der Waals surface area contributed by atoms with Crippen molar-refractivity contribution in [2.75, 3.05) is 6.54 Å². The summed E-state index contributed by atoms with van der Waals surface area (Å²) >= 11 is 1.79. The molecule has 6 nitrogen and oxygen atoms in total. The van der Waals surface area contributed by atoms with Crippen LogP contribution in [-0.2, 0) is 13.1 Å². The zero-order valence-corrected chi connectivity index (χ0v) is 15.3. The Balaban J connectivity index is 1.68. The van der Waals surface area contributed by atoms with Crippen molar-refractivity contribution in [3.05, 3.63) is 64.4 Å². The smallest absolute Gasteiger partial charge is 0.191 e. The molecule has 0 amide bonds. The highest BCUT2D eigenvalue weighted by Gasteiger charge is 2.06. The summed E-state index contributed by atoms with van der Waals surface area (Å²) in [4.78, 5) is 7.24. The summed E-state index contributed by atoms with van der Waals surface area (Å²) in [5.74, 6) is 1.58. The zero-order chi connectivity index (χ0) is 17.5. The SMILES string of the molecule is CCNC(=NCc1nncn1-c1ccccc1)NCc1ccc(C)s1. The van der Waals surface area contributed by atoms with Gasteiger partial charge >= 0.3 is 0 Å². The molecule has 0 unspecified atom stereocenters. The van der Waals surface area contributed by atoms with Crippen LogP contribution >= 0.6 is 11.3 Å². The van der Waals surface area contributed by atoms with Crippen LogP contribution in [0.25, 0.3) is 5.69 Å². The summed E-state index contributed by atoms with van der Waals surface area (Å²) in [6.45, 7) is 6.19. The number of nitrogens with zero attached hydrogens (tertiary/aromatic N) is 4. The molecule has 2 aromatic heterocycles. The largest absolute Gasteiger partial charge is 0.357 e. The lowest BCUT2D eigenvalue weighted by molar-refractivity contribution is 0.798. The van der Waals surface area contributed by atoms with Crippen LogP contribution in [0.1, 0.15) is 22.5 Å². The fraction of sp³-hybridized carbons (Fsp3) is 0.278. The third-order valence-corrected chi connectivity index (χ3v) is 4.60. The van der Waals surface area contributed by atoms with Crippen molar-refractivity contribution in [2.45, 2.75) is 26.9 Å². The lowest BCUT2D eigenvalue weighted by atomic mass is 10.3. The highest BCUT2D eigenvalue weighted by molar-refractivity contribution is 7.11. The van der Waals surface area contributed by atoms with Crippen LogP contribution in [0.15, 0.2) is 53.8 Å². The Morgan fingerprint density at radius 3 is 2.72 bits per heavy atom. The normalized spacial score (nSPS) is 11.5. The fourth-order valence-corrected chi connectivity index (χ4v) is 3.24. The molecule has 2 heterocycles. The molecule has 25 heavy (non-hydrogen) atoms. The molecule has 0 saturated carbocycles. The Morgan fingerprint density at radius 2 is 2.00 bits per heavy atom. The second kappa shape index (κ2) is 8.43. The average molecular weight is 354 g/mol. The quantitative estimate of drug-likeness (QED) is 0.528. The van der Waals surface area contributed by atoms with E-state index in [4.69, 9.17) is 0 Å². The number of aromatic nitrogens is 3. The number of hydrogen-bond acceptors (Lipinski definition) is 4. The van der Waals surface area contributed by atoms with Crippen molar-refractivity contribution in [3.63, 3.8) is 0 Å². The summed E-state index contributed by atoms with van der Waals surface area (Å²) in [7, 11) is 0. The number of rotatable bonds is 6. The number of thiophene rings is 1. The monoisotopic (exact) mass is 354 g/mol. The predicted molar refractivity (Wildman–Crippen MR) is 102 cm³/mol. The zero-order valence-electron chi connectivity index (χ0n) is 14.4. The van der Waals surface area contributed by atoms with E-state index in [9.17, 15) is 0 Å². The third kappa shape index (κ3) is 4.67. The third-order valence-electron chi connectivity index (χ3n) is 3.60. The molecule has 0 aliphatic carbocycles. The van der Waals surface area contributed by atoms with Gasteiger partial charge in [-0.3, -0.25) is 4.57 Å². The molecular formula is C18H22N6S. The molecule has 0 aliphatic rings. The first-order valence-electron chi connectivity index (χ1n) is 8.28. The van der Waals surface area contributed by atoms with E-state index in [0.29, 0.717) is 6.54 Å². The number of nitrogens with one attached hydrogen (secondary N) is 2. The minimum absolute atomic E-state index is 0.452. The first-order chi connectivity index (χ1) is 12.3. The molecule has 0 saturated heterocycles. The van der Waals surface area contributed by atoms with Gasteiger partial charge < -0.3 is 10.6 Å². The second-order valence-electron chi connectivity index (χ2n) is 5.51. The molecule has 7 heteroatoms. The van der Waals surface area contributed by atoms with Crippen molar-refractivity contribution < 1.29 is 0 Å². The van der Waals surface area contributed by atoms with E-state index < -0.39 is 0 Å². The van der Waals surface area contributed by atoms with Crippen LogP contribution in [0.3, 0.4) is 0 Å². The van der Waals surface area contributed by atoms with Crippen LogP contribution in [0.5, 0.6) is 0 Å². The lowest BCUT2D eigenvalue weighted by Crippen LogP contribution is -2.36. The Hall–Kier alpha value is -2.67. The maximum Gasteiger partial charge on any atom is 0.191 e. The molecule has 0 radical (unpaired) electrons. The average Bonchev–Trinajstić information content (AvgIpc) is 3.27. The second-order valence-corrected chi connectivity index (χ2v) is 6.89. The summed E-state index contributed by atoms with van der Waals surface area (Å²) in [6.07, 6.45) is 1.72. The van der Waals surface area contributed by atoms with Gasteiger partial charge in [-0.25, -0.2) is 4.99 Å². The highest BCUT2D eigenvalue weighted by Crippen LogP contribution is 2.14. The van der Waals surface area contributed by atoms with E-state index in [1.54, 1.807) is 17.7 Å². The summed E-state index contributed by atoms with van der Waals surface area (Å²) in [5.41, 5.74) is 1.03. The Morgan fingerprint density at radius 1 is 1.16 bits per heavy atom. The van der Waals surface area contributed by atoms with E-state index in [0.717, 1.165) is 30.6 Å². The minimum atomic E-state index is 0.452. The molecular weight excluding hydrogens is 332 g/mol. The van der Waals surface area contributed by atoms with Gasteiger partial charge in [0.2, 0.25) is 0 Å². The van der Waals surface area contributed by atoms with Crippen LogP contribution in [0.4, 0.5) is 0 Å². The van der Waals surface area contributed by atoms with Gasteiger partial charge in [-0.2, -0.15) is 0 Å². The Kier molecular flexibility index (Phi) is 5.79. The molecule has 130 valence electrons. The summed E-state index contributed by atoms with van der Waals surface area (Å²) in [6, 6.07) is 14.3. The number of para-hydroxylation sites is 1. The van der Waals surface area contributed by atoms with Crippen molar-refractivity contribution in [3.8, 4) is 5.69 Å². The molecule has 0 fully saturated rings. The van der Waals surface area contributed by atoms with Gasteiger partial charge in [-0.15, -0.1) is 21.5 Å². The van der Waals surface area contributed by atoms with E-state index in [1.165, 1.54) is 9.75 Å². The molecule has 0 atom stereocenters. The minimum Gasteiger partial charge on any atom is -0.357 e. The first-order valence-corrected chi connectivity index (χ1v) is 9.09. The number of guanidine groups is 1. The summed E-state index contributed by atoms with van der Waals surface area (Å²) in [5, 5.41) is 14.9. The van der Waals surface area contributed by atoms with Gasteiger partial charge in [-0.05, 0) is 38.1 Å². The topological polar surface area (TPSA) is 67.1 Å². The van der Waals surface area contributed by atoms with Gasteiger partial charge in [0.05, 0.1) is 6.54 Å². The number of benzene rings is 1. The fourth-order valence-electron chi connectivity index (χ4n) is 2.41. The van der Waals surface area contributed by atoms with Crippen molar-refractivity contribution in [2.24, 2.45) is 4.99 Å². The summed E-state index contributed by atoms with van der Waals surface area (Å²) < 4.78 is 1.95. The molecule has 0 spiro atoms. The van der Waals surface area contributed by atoms with Crippen LogP contribution < -0.4 is 10.6 Å². The predicted octanol–water partition coefficient (Wildman–Crippen LogP) is 2.89. The van der Waals surface area contributed by atoms with Gasteiger partial charge in [0.15, 0.2) is 11.8 Å². The Labute approximate surface area is 151 Å². The maximum absolute atomic E-state index is 4.64. The van der Waals surface area contributed by atoms with Crippen molar-refractivity contribution in [1.29, 1.82) is 0 Å². The molecule has 0 bridgehead atoms. The van der Waals surface area contributed by atoms with Crippen LogP contribution in [-0.4, -0.2) is 27.3 Å². The van der Waals surface area contributed by atoms with E-state index >= 15 is 0 Å². The van der Waals surface area contributed by atoms with Crippen molar-refractivity contribution in [1.82, 2.24) is 25.4 Å². The maximum atomic E-state index is 4.64. The van der Waals surface area contributed by atoms with Crippen LogP contribution in [0, 0.1) is 6.92 Å². The highest BCUT2D eigenvalue weighted by atomic mass is 32.1. The molecule has 1 aromatic carbocycles. The van der Waals surface area contributed by atoms with E-state index in [-0.39, 0.29) is 0 Å². The van der Waals surface area contributed by atoms with Crippen molar-refractivity contribution >= 4 is 17.3 Å². The van der Waals surface area contributed by atoms with Gasteiger partial charge in [-0.1, -0.05) is 18.2 Å². The molecule has 3 rings (SSSR count). The lowest BCUT2D eigenvalue weighted by Gasteiger charge is -2.10.